The Labute approximate surface area is 154 Å². The van der Waals surface area contributed by atoms with Gasteiger partial charge in [0, 0.05) is 23.7 Å². The molecule has 2 N–H and O–H groups in total. The van der Waals surface area contributed by atoms with Crippen LogP contribution in [0.3, 0.4) is 0 Å². The van der Waals surface area contributed by atoms with E-state index in [4.69, 9.17) is 5.73 Å². The van der Waals surface area contributed by atoms with Gasteiger partial charge >= 0.3 is 0 Å². The van der Waals surface area contributed by atoms with Crippen LogP contribution in [0.5, 0.6) is 0 Å². The van der Waals surface area contributed by atoms with Crippen LogP contribution in [0.4, 0.5) is 0 Å². The summed E-state index contributed by atoms with van der Waals surface area (Å²) in [7, 11) is 0. The van der Waals surface area contributed by atoms with Gasteiger partial charge in [0.25, 0.3) is 0 Å². The summed E-state index contributed by atoms with van der Waals surface area (Å²) in [6.45, 7) is 1.98. The number of carbonyl (C=O) groups excluding carboxylic acids is 1. The van der Waals surface area contributed by atoms with Gasteiger partial charge < -0.3 is 10.6 Å². The lowest BCUT2D eigenvalue weighted by atomic mass is 9.99. The molecule has 0 saturated carbocycles. The van der Waals surface area contributed by atoms with Crippen LogP contribution < -0.4 is 5.73 Å². The highest BCUT2D eigenvalue weighted by molar-refractivity contribution is 7.99. The van der Waals surface area contributed by atoms with Gasteiger partial charge in [0.15, 0.2) is 0 Å². The molecular formula is C19H23ClN2OS. The van der Waals surface area contributed by atoms with Crippen LogP contribution in [-0.2, 0) is 11.3 Å². The van der Waals surface area contributed by atoms with E-state index in [0.717, 1.165) is 17.7 Å². The zero-order valence-corrected chi connectivity index (χ0v) is 15.2. The van der Waals surface area contributed by atoms with E-state index >= 15 is 0 Å². The second kappa shape index (κ2) is 9.11. The van der Waals surface area contributed by atoms with Gasteiger partial charge in [-0.15, -0.1) is 24.2 Å². The molecule has 24 heavy (non-hydrogen) atoms. The second-order valence-electron chi connectivity index (χ2n) is 5.79. The van der Waals surface area contributed by atoms with Crippen molar-refractivity contribution >= 4 is 30.1 Å². The summed E-state index contributed by atoms with van der Waals surface area (Å²) in [5.74, 6) is 1.03. The van der Waals surface area contributed by atoms with E-state index < -0.39 is 0 Å². The second-order valence-corrected chi connectivity index (χ2v) is 6.85. The number of thioether (sulfide) groups is 1. The first kappa shape index (κ1) is 18.8. The molecule has 1 atom stereocenters. The number of amides is 1. The van der Waals surface area contributed by atoms with Crippen LogP contribution in [0.15, 0.2) is 59.5 Å². The average molecular weight is 363 g/mol. The number of fused-ring (bicyclic) bond motifs is 1. The zero-order valence-electron chi connectivity index (χ0n) is 13.6. The Hall–Kier alpha value is -1.49. The average Bonchev–Trinajstić information content (AvgIpc) is 3.03. The third-order valence-electron chi connectivity index (χ3n) is 4.16. The minimum atomic E-state index is -0.0299. The van der Waals surface area contributed by atoms with Crippen LogP contribution in [0, 0.1) is 0 Å². The molecule has 0 fully saturated rings. The molecule has 5 heteroatoms. The van der Waals surface area contributed by atoms with Gasteiger partial charge in [-0.3, -0.25) is 4.79 Å². The molecule has 0 aliphatic carbocycles. The lowest BCUT2D eigenvalue weighted by Crippen LogP contribution is -2.36. The maximum atomic E-state index is 13.1. The van der Waals surface area contributed by atoms with Crippen molar-refractivity contribution in [1.82, 2.24) is 4.90 Å². The summed E-state index contributed by atoms with van der Waals surface area (Å²) < 4.78 is 0. The molecule has 1 aliphatic heterocycles. The van der Waals surface area contributed by atoms with Crippen molar-refractivity contribution in [3.63, 3.8) is 0 Å². The fourth-order valence-electron chi connectivity index (χ4n) is 2.94. The van der Waals surface area contributed by atoms with E-state index in [9.17, 15) is 4.79 Å². The number of carbonyl (C=O) groups is 1. The quantitative estimate of drug-likeness (QED) is 0.852. The van der Waals surface area contributed by atoms with Gasteiger partial charge in [0.1, 0.15) is 0 Å². The third kappa shape index (κ3) is 4.32. The highest BCUT2D eigenvalue weighted by atomic mass is 35.5. The standard InChI is InChI=1S/C19H22N2OS.ClH/c20-11-6-12-21(13-15-7-2-1-3-8-15)19(22)17-14-23-18-10-5-4-9-16(17)18;/h1-5,7-10,17H,6,11-14,20H2;1H. The van der Waals surface area contributed by atoms with Crippen molar-refractivity contribution in [2.24, 2.45) is 5.73 Å². The maximum absolute atomic E-state index is 13.1. The Bertz CT molecular complexity index is 665. The monoisotopic (exact) mass is 362 g/mol. The maximum Gasteiger partial charge on any atom is 0.231 e. The van der Waals surface area contributed by atoms with E-state index in [1.54, 1.807) is 11.8 Å². The highest BCUT2D eigenvalue weighted by Gasteiger charge is 2.32. The molecule has 2 aromatic rings. The van der Waals surface area contributed by atoms with Crippen molar-refractivity contribution < 1.29 is 4.79 Å². The van der Waals surface area contributed by atoms with Gasteiger partial charge in [-0.1, -0.05) is 48.5 Å². The smallest absolute Gasteiger partial charge is 0.231 e. The molecule has 1 aliphatic rings. The first-order chi connectivity index (χ1) is 11.3. The largest absolute Gasteiger partial charge is 0.338 e. The molecule has 0 saturated heterocycles. The summed E-state index contributed by atoms with van der Waals surface area (Å²) in [5, 5.41) is 0. The number of hydrogen-bond acceptors (Lipinski definition) is 3. The normalized spacial score (nSPS) is 15.5. The zero-order chi connectivity index (χ0) is 16.1. The molecule has 3 rings (SSSR count). The van der Waals surface area contributed by atoms with E-state index in [2.05, 4.69) is 24.3 Å². The number of nitrogens with two attached hydrogens (primary N) is 1. The van der Waals surface area contributed by atoms with Crippen LogP contribution >= 0.6 is 24.2 Å². The van der Waals surface area contributed by atoms with Crippen LogP contribution in [0.25, 0.3) is 0 Å². The summed E-state index contributed by atoms with van der Waals surface area (Å²) in [5.41, 5.74) is 8.00. The van der Waals surface area contributed by atoms with Crippen molar-refractivity contribution in [2.75, 3.05) is 18.8 Å². The molecule has 2 aromatic carbocycles. The van der Waals surface area contributed by atoms with Crippen LogP contribution in [-0.4, -0.2) is 29.6 Å². The van der Waals surface area contributed by atoms with Crippen molar-refractivity contribution in [2.45, 2.75) is 23.8 Å². The number of rotatable bonds is 6. The summed E-state index contributed by atoms with van der Waals surface area (Å²) in [6, 6.07) is 18.4. The van der Waals surface area contributed by atoms with Crippen molar-refractivity contribution in [3.8, 4) is 0 Å². The van der Waals surface area contributed by atoms with Gasteiger partial charge in [-0.25, -0.2) is 0 Å². The van der Waals surface area contributed by atoms with E-state index in [-0.39, 0.29) is 24.2 Å². The van der Waals surface area contributed by atoms with Gasteiger partial charge in [-0.2, -0.15) is 0 Å². The Balaban J connectivity index is 0.00000208. The highest BCUT2D eigenvalue weighted by Crippen LogP contribution is 2.40. The van der Waals surface area contributed by atoms with E-state index in [1.165, 1.54) is 10.5 Å². The number of nitrogens with zero attached hydrogens (tertiary/aromatic N) is 1. The molecular weight excluding hydrogens is 340 g/mol. The first-order valence-corrected chi connectivity index (χ1v) is 9.02. The Morgan fingerprint density at radius 2 is 1.83 bits per heavy atom. The number of benzene rings is 2. The first-order valence-electron chi connectivity index (χ1n) is 8.04. The minimum absolute atomic E-state index is 0. The molecule has 0 radical (unpaired) electrons. The Morgan fingerprint density at radius 3 is 2.58 bits per heavy atom. The topological polar surface area (TPSA) is 46.3 Å². The molecule has 1 heterocycles. The summed E-state index contributed by atoms with van der Waals surface area (Å²) >= 11 is 1.78. The Kier molecular flexibility index (Phi) is 7.16. The summed E-state index contributed by atoms with van der Waals surface area (Å²) in [6.07, 6.45) is 0.833. The molecule has 1 unspecified atom stereocenters. The predicted octanol–water partition coefficient (Wildman–Crippen LogP) is 3.68. The molecule has 0 spiro atoms. The van der Waals surface area contributed by atoms with E-state index in [1.807, 2.05) is 35.2 Å². The molecule has 0 bridgehead atoms. The van der Waals surface area contributed by atoms with Crippen LogP contribution in [0.1, 0.15) is 23.5 Å². The fourth-order valence-corrected chi connectivity index (χ4v) is 4.16. The summed E-state index contributed by atoms with van der Waals surface area (Å²) in [4.78, 5) is 16.3. The molecule has 1 amide bonds. The molecule has 3 nitrogen and oxygen atoms in total. The third-order valence-corrected chi connectivity index (χ3v) is 5.34. The number of halogens is 1. The lowest BCUT2D eigenvalue weighted by Gasteiger charge is -2.26. The SMILES string of the molecule is Cl.NCCCN(Cc1ccccc1)C(=O)C1CSc2ccccc21. The fraction of sp³-hybridized carbons (Fsp3) is 0.316. The minimum Gasteiger partial charge on any atom is -0.338 e. The van der Waals surface area contributed by atoms with Crippen molar-refractivity contribution in [3.05, 3.63) is 65.7 Å². The lowest BCUT2D eigenvalue weighted by molar-refractivity contribution is -0.133. The molecule has 0 aromatic heterocycles. The van der Waals surface area contributed by atoms with Gasteiger partial charge in [-0.05, 0) is 30.2 Å². The van der Waals surface area contributed by atoms with Crippen LogP contribution in [0.2, 0.25) is 0 Å². The Morgan fingerprint density at radius 1 is 1.12 bits per heavy atom. The van der Waals surface area contributed by atoms with Gasteiger partial charge in [0.2, 0.25) is 5.91 Å². The molecule has 128 valence electrons. The van der Waals surface area contributed by atoms with Gasteiger partial charge in [0.05, 0.1) is 5.92 Å². The number of hydrogen-bond donors (Lipinski definition) is 1. The van der Waals surface area contributed by atoms with E-state index in [0.29, 0.717) is 19.6 Å². The predicted molar refractivity (Wildman–Crippen MR) is 103 cm³/mol. The van der Waals surface area contributed by atoms with Crippen molar-refractivity contribution in [1.29, 1.82) is 0 Å².